The van der Waals surface area contributed by atoms with Crippen LogP contribution in [0.4, 0.5) is 0 Å². The van der Waals surface area contributed by atoms with Crippen molar-refractivity contribution in [2.24, 2.45) is 0 Å². The summed E-state index contributed by atoms with van der Waals surface area (Å²) in [5, 5.41) is 12.1. The number of rotatable bonds is 5. The van der Waals surface area contributed by atoms with E-state index in [1.54, 1.807) is 9.58 Å². The summed E-state index contributed by atoms with van der Waals surface area (Å²) in [6.45, 7) is 5.08. The van der Waals surface area contributed by atoms with Crippen LogP contribution in [-0.4, -0.2) is 73.9 Å². The average molecular weight is 408 g/mol. The standard InChI is InChI=1S/C17H21N5O3S2/c1-11-4-5-13(8-12(11)2)22-17(18-19-20-22)27-10-15(23)21-6-7-26-14(9-21)16(24)25-3/h4-5,8,14H,6-7,9-10H2,1-3H3/t14-/m1/s1. The Hall–Kier alpha value is -2.07. The summed E-state index contributed by atoms with van der Waals surface area (Å²) in [6, 6.07) is 5.98. The summed E-state index contributed by atoms with van der Waals surface area (Å²) in [7, 11) is 1.37. The molecule has 0 radical (unpaired) electrons. The van der Waals surface area contributed by atoms with Crippen LogP contribution in [0.5, 0.6) is 0 Å². The second kappa shape index (κ2) is 8.75. The van der Waals surface area contributed by atoms with Gasteiger partial charge in [0.25, 0.3) is 0 Å². The fraction of sp³-hybridized carbons (Fsp3) is 0.471. The molecule has 0 N–H and O–H groups in total. The Balaban J connectivity index is 1.64. The Labute approximate surface area is 166 Å². The predicted octanol–water partition coefficient (Wildman–Crippen LogP) is 1.49. The van der Waals surface area contributed by atoms with Gasteiger partial charge in [0.2, 0.25) is 11.1 Å². The van der Waals surface area contributed by atoms with Crippen molar-refractivity contribution in [2.45, 2.75) is 24.3 Å². The monoisotopic (exact) mass is 407 g/mol. The smallest absolute Gasteiger partial charge is 0.320 e. The molecule has 1 fully saturated rings. The van der Waals surface area contributed by atoms with Crippen LogP contribution in [0.3, 0.4) is 0 Å². The van der Waals surface area contributed by atoms with E-state index >= 15 is 0 Å². The number of tetrazole rings is 1. The SMILES string of the molecule is COC(=O)[C@H]1CN(C(=O)CSc2nnnn2-c2ccc(C)c(C)c2)CCS1. The fourth-order valence-electron chi connectivity index (χ4n) is 2.66. The number of ether oxygens (including phenoxy) is 1. The molecule has 0 aliphatic carbocycles. The highest BCUT2D eigenvalue weighted by Gasteiger charge is 2.29. The van der Waals surface area contributed by atoms with Gasteiger partial charge in [0.1, 0.15) is 5.25 Å². The molecule has 0 bridgehead atoms. The first-order valence-electron chi connectivity index (χ1n) is 8.45. The Morgan fingerprint density at radius 3 is 2.89 bits per heavy atom. The van der Waals surface area contributed by atoms with Gasteiger partial charge in [-0.2, -0.15) is 4.68 Å². The summed E-state index contributed by atoms with van der Waals surface area (Å²) < 4.78 is 6.42. The summed E-state index contributed by atoms with van der Waals surface area (Å²) in [5.74, 6) is 0.605. The van der Waals surface area contributed by atoms with Crippen molar-refractivity contribution in [3.8, 4) is 5.69 Å². The molecular weight excluding hydrogens is 386 g/mol. The Morgan fingerprint density at radius 1 is 1.33 bits per heavy atom. The van der Waals surface area contributed by atoms with Gasteiger partial charge in [-0.1, -0.05) is 17.8 Å². The van der Waals surface area contributed by atoms with Gasteiger partial charge < -0.3 is 9.64 Å². The summed E-state index contributed by atoms with van der Waals surface area (Å²) in [6.07, 6.45) is 0. The molecule has 3 rings (SSSR count). The summed E-state index contributed by atoms with van der Waals surface area (Å²) in [5.41, 5.74) is 3.20. The van der Waals surface area contributed by atoms with Crippen LogP contribution >= 0.6 is 23.5 Å². The van der Waals surface area contributed by atoms with E-state index in [0.29, 0.717) is 18.2 Å². The van der Waals surface area contributed by atoms with Crippen molar-refractivity contribution in [3.05, 3.63) is 29.3 Å². The van der Waals surface area contributed by atoms with Gasteiger partial charge in [-0.25, -0.2) is 0 Å². The topological polar surface area (TPSA) is 90.2 Å². The first-order chi connectivity index (χ1) is 13.0. The third-order valence-corrected chi connectivity index (χ3v) is 6.45. The van der Waals surface area contributed by atoms with Crippen LogP contribution in [0.1, 0.15) is 11.1 Å². The largest absolute Gasteiger partial charge is 0.468 e. The average Bonchev–Trinajstić information content (AvgIpc) is 3.16. The van der Waals surface area contributed by atoms with E-state index in [0.717, 1.165) is 17.0 Å². The number of carbonyl (C=O) groups is 2. The van der Waals surface area contributed by atoms with E-state index in [4.69, 9.17) is 4.74 Å². The first-order valence-corrected chi connectivity index (χ1v) is 10.5. The molecule has 27 heavy (non-hydrogen) atoms. The number of aromatic nitrogens is 4. The highest BCUT2D eigenvalue weighted by Crippen LogP contribution is 2.23. The summed E-state index contributed by atoms with van der Waals surface area (Å²) >= 11 is 2.81. The number of amides is 1. The van der Waals surface area contributed by atoms with Crippen molar-refractivity contribution < 1.29 is 14.3 Å². The van der Waals surface area contributed by atoms with E-state index < -0.39 is 0 Å². The number of thioether (sulfide) groups is 2. The molecule has 1 saturated heterocycles. The normalized spacial score (nSPS) is 17.0. The minimum Gasteiger partial charge on any atom is -0.468 e. The lowest BCUT2D eigenvalue weighted by atomic mass is 10.1. The van der Waals surface area contributed by atoms with Crippen LogP contribution in [0, 0.1) is 13.8 Å². The third-order valence-electron chi connectivity index (χ3n) is 4.38. The van der Waals surface area contributed by atoms with Gasteiger partial charge in [0.15, 0.2) is 0 Å². The Kier molecular flexibility index (Phi) is 6.38. The lowest BCUT2D eigenvalue weighted by Gasteiger charge is -2.30. The maximum absolute atomic E-state index is 12.6. The van der Waals surface area contributed by atoms with Crippen molar-refractivity contribution in [2.75, 3.05) is 31.7 Å². The number of methoxy groups -OCH3 is 1. The highest BCUT2D eigenvalue weighted by molar-refractivity contribution is 8.00. The molecule has 0 unspecified atom stereocenters. The second-order valence-electron chi connectivity index (χ2n) is 6.15. The van der Waals surface area contributed by atoms with Gasteiger partial charge in [-0.3, -0.25) is 9.59 Å². The minimum absolute atomic E-state index is 0.0381. The molecule has 10 heteroatoms. The number of hydrogen-bond donors (Lipinski definition) is 0. The lowest BCUT2D eigenvalue weighted by molar-refractivity contribution is -0.141. The molecule has 144 valence electrons. The molecule has 2 aromatic rings. The molecule has 1 aliphatic heterocycles. The first kappa shape index (κ1) is 19.7. The number of hydrogen-bond acceptors (Lipinski definition) is 8. The number of esters is 1. The number of nitrogens with zero attached hydrogens (tertiary/aromatic N) is 5. The van der Waals surface area contributed by atoms with E-state index in [1.165, 1.54) is 36.2 Å². The summed E-state index contributed by atoms with van der Waals surface area (Å²) in [4.78, 5) is 26.0. The molecule has 2 heterocycles. The zero-order valence-corrected chi connectivity index (χ0v) is 17.0. The van der Waals surface area contributed by atoms with Crippen LogP contribution in [0.15, 0.2) is 23.4 Å². The van der Waals surface area contributed by atoms with Gasteiger partial charge >= 0.3 is 5.97 Å². The van der Waals surface area contributed by atoms with Crippen molar-refractivity contribution in [3.63, 3.8) is 0 Å². The second-order valence-corrected chi connectivity index (χ2v) is 8.41. The quantitative estimate of drug-likeness (QED) is 0.544. The van der Waals surface area contributed by atoms with Crippen molar-refractivity contribution in [1.82, 2.24) is 25.1 Å². The number of carbonyl (C=O) groups excluding carboxylic acids is 2. The van der Waals surface area contributed by atoms with Gasteiger partial charge in [-0.05, 0) is 47.5 Å². The van der Waals surface area contributed by atoms with Crippen LogP contribution < -0.4 is 0 Å². The zero-order valence-electron chi connectivity index (χ0n) is 15.4. The van der Waals surface area contributed by atoms with E-state index in [2.05, 4.69) is 15.5 Å². The maximum Gasteiger partial charge on any atom is 0.320 e. The van der Waals surface area contributed by atoms with Crippen molar-refractivity contribution >= 4 is 35.4 Å². The molecule has 8 nitrogen and oxygen atoms in total. The molecule has 1 aromatic heterocycles. The minimum atomic E-state index is -0.321. The Bertz CT molecular complexity index is 842. The molecular formula is C17H21N5O3S2. The van der Waals surface area contributed by atoms with E-state index in [-0.39, 0.29) is 22.9 Å². The molecule has 0 saturated carbocycles. The number of benzene rings is 1. The lowest BCUT2D eigenvalue weighted by Crippen LogP contribution is -2.45. The third kappa shape index (κ3) is 4.62. The number of aryl methyl sites for hydroxylation is 2. The van der Waals surface area contributed by atoms with Crippen LogP contribution in [-0.2, 0) is 14.3 Å². The Morgan fingerprint density at radius 2 is 2.15 bits per heavy atom. The molecule has 1 aromatic carbocycles. The highest BCUT2D eigenvalue weighted by atomic mass is 32.2. The fourth-order valence-corrected chi connectivity index (χ4v) is 4.58. The van der Waals surface area contributed by atoms with E-state index in [9.17, 15) is 9.59 Å². The molecule has 1 atom stereocenters. The van der Waals surface area contributed by atoms with Crippen LogP contribution in [0.25, 0.3) is 5.69 Å². The van der Waals surface area contributed by atoms with Crippen molar-refractivity contribution in [1.29, 1.82) is 0 Å². The zero-order chi connectivity index (χ0) is 19.4. The van der Waals surface area contributed by atoms with Crippen LogP contribution in [0.2, 0.25) is 0 Å². The van der Waals surface area contributed by atoms with E-state index in [1.807, 2.05) is 32.0 Å². The van der Waals surface area contributed by atoms with Gasteiger partial charge in [-0.15, -0.1) is 16.9 Å². The maximum atomic E-state index is 12.6. The molecule has 0 spiro atoms. The van der Waals surface area contributed by atoms with Gasteiger partial charge in [0, 0.05) is 18.8 Å². The molecule has 1 aliphatic rings. The molecule has 1 amide bonds. The predicted molar refractivity (Wildman–Crippen MR) is 104 cm³/mol. The van der Waals surface area contributed by atoms with Gasteiger partial charge in [0.05, 0.1) is 18.6 Å².